The maximum Gasteiger partial charge on any atom is 0.306 e. The third kappa shape index (κ3) is 3.77. The molecular weight excluding hydrogens is 264 g/mol. The SMILES string of the molecule is Cc1nc(CNCC(=O)N2CCC(C(=O)O)CC2)no1. The second-order valence-electron chi connectivity index (χ2n) is 4.83. The van der Waals surface area contributed by atoms with Crippen molar-refractivity contribution < 1.29 is 19.2 Å². The first-order valence-electron chi connectivity index (χ1n) is 6.56. The third-order valence-electron chi connectivity index (χ3n) is 3.33. The molecule has 2 heterocycles. The van der Waals surface area contributed by atoms with Gasteiger partial charge < -0.3 is 19.8 Å². The number of likely N-dealkylation sites (tertiary alicyclic amines) is 1. The number of nitrogens with zero attached hydrogens (tertiary/aromatic N) is 3. The van der Waals surface area contributed by atoms with Gasteiger partial charge in [0, 0.05) is 20.0 Å². The monoisotopic (exact) mass is 282 g/mol. The van der Waals surface area contributed by atoms with Gasteiger partial charge in [-0.2, -0.15) is 4.98 Å². The van der Waals surface area contributed by atoms with Gasteiger partial charge in [-0.05, 0) is 12.8 Å². The Balaban J connectivity index is 1.69. The summed E-state index contributed by atoms with van der Waals surface area (Å²) >= 11 is 0. The second kappa shape index (κ2) is 6.47. The zero-order chi connectivity index (χ0) is 14.5. The minimum absolute atomic E-state index is 0.0333. The summed E-state index contributed by atoms with van der Waals surface area (Å²) in [7, 11) is 0. The molecule has 0 radical (unpaired) electrons. The number of aliphatic carboxylic acids is 1. The lowest BCUT2D eigenvalue weighted by molar-refractivity contribution is -0.145. The number of rotatable bonds is 5. The third-order valence-corrected chi connectivity index (χ3v) is 3.33. The molecule has 1 aliphatic heterocycles. The smallest absolute Gasteiger partial charge is 0.306 e. The van der Waals surface area contributed by atoms with Crippen molar-refractivity contribution >= 4 is 11.9 Å². The number of nitrogens with one attached hydrogen (secondary N) is 1. The summed E-state index contributed by atoms with van der Waals surface area (Å²) in [5, 5.41) is 15.6. The van der Waals surface area contributed by atoms with Crippen molar-refractivity contribution in [2.75, 3.05) is 19.6 Å². The van der Waals surface area contributed by atoms with Crippen LogP contribution in [0.4, 0.5) is 0 Å². The Bertz CT molecular complexity index is 480. The van der Waals surface area contributed by atoms with Gasteiger partial charge in [-0.25, -0.2) is 0 Å². The molecule has 2 rings (SSSR count). The average molecular weight is 282 g/mol. The number of carboxylic acid groups (broad SMARTS) is 1. The molecule has 8 nitrogen and oxygen atoms in total. The van der Waals surface area contributed by atoms with Crippen molar-refractivity contribution in [2.24, 2.45) is 5.92 Å². The van der Waals surface area contributed by atoms with Gasteiger partial charge in [-0.15, -0.1) is 0 Å². The van der Waals surface area contributed by atoms with Crippen molar-refractivity contribution in [1.82, 2.24) is 20.4 Å². The first-order chi connectivity index (χ1) is 9.56. The number of piperidine rings is 1. The Morgan fingerprint density at radius 1 is 1.45 bits per heavy atom. The number of amides is 1. The van der Waals surface area contributed by atoms with Gasteiger partial charge in [-0.3, -0.25) is 9.59 Å². The summed E-state index contributed by atoms with van der Waals surface area (Å²) < 4.78 is 4.82. The van der Waals surface area contributed by atoms with E-state index in [1.807, 2.05) is 0 Å². The molecule has 110 valence electrons. The molecule has 0 unspecified atom stereocenters. The van der Waals surface area contributed by atoms with E-state index in [2.05, 4.69) is 15.5 Å². The molecule has 1 fully saturated rings. The molecule has 1 aliphatic rings. The lowest BCUT2D eigenvalue weighted by atomic mass is 9.97. The molecule has 1 saturated heterocycles. The normalized spacial score (nSPS) is 16.4. The van der Waals surface area contributed by atoms with Gasteiger partial charge in [0.25, 0.3) is 0 Å². The number of carbonyl (C=O) groups excluding carboxylic acids is 1. The molecule has 0 saturated carbocycles. The highest BCUT2D eigenvalue weighted by Crippen LogP contribution is 2.17. The van der Waals surface area contributed by atoms with Gasteiger partial charge in [-0.1, -0.05) is 5.16 Å². The number of aromatic nitrogens is 2. The quantitative estimate of drug-likeness (QED) is 0.769. The molecule has 8 heteroatoms. The summed E-state index contributed by atoms with van der Waals surface area (Å²) in [6.07, 6.45) is 1.04. The first-order valence-corrected chi connectivity index (χ1v) is 6.56. The van der Waals surface area contributed by atoms with Crippen LogP contribution in [-0.2, 0) is 16.1 Å². The Hall–Kier alpha value is -1.96. The predicted octanol–water partition coefficient (Wildman–Crippen LogP) is -0.209. The number of carbonyl (C=O) groups is 2. The summed E-state index contributed by atoms with van der Waals surface area (Å²) in [5.74, 6) is -0.130. The molecule has 0 aliphatic carbocycles. The van der Waals surface area contributed by atoms with Crippen molar-refractivity contribution in [2.45, 2.75) is 26.3 Å². The molecule has 1 aromatic rings. The van der Waals surface area contributed by atoms with Crippen LogP contribution in [0, 0.1) is 12.8 Å². The standard InChI is InChI=1S/C12H18N4O4/c1-8-14-10(15-20-8)6-13-7-11(17)16-4-2-9(3-5-16)12(18)19/h9,13H,2-7H2,1H3,(H,18,19). The number of carboxylic acids is 1. The van der Waals surface area contributed by atoms with Gasteiger partial charge >= 0.3 is 5.97 Å². The second-order valence-corrected chi connectivity index (χ2v) is 4.83. The minimum Gasteiger partial charge on any atom is -0.481 e. The highest BCUT2D eigenvalue weighted by Gasteiger charge is 2.26. The van der Waals surface area contributed by atoms with Crippen molar-refractivity contribution in [3.8, 4) is 0 Å². The highest BCUT2D eigenvalue weighted by molar-refractivity contribution is 5.78. The maximum atomic E-state index is 11.9. The van der Waals surface area contributed by atoms with Gasteiger partial charge in [0.15, 0.2) is 5.82 Å². The van der Waals surface area contributed by atoms with E-state index in [4.69, 9.17) is 9.63 Å². The molecular formula is C12H18N4O4. The van der Waals surface area contributed by atoms with Crippen LogP contribution in [0.5, 0.6) is 0 Å². The zero-order valence-corrected chi connectivity index (χ0v) is 11.3. The Morgan fingerprint density at radius 3 is 2.70 bits per heavy atom. The largest absolute Gasteiger partial charge is 0.481 e. The van der Waals surface area contributed by atoms with Crippen LogP contribution in [0.2, 0.25) is 0 Å². The van der Waals surface area contributed by atoms with Gasteiger partial charge in [0.2, 0.25) is 11.8 Å². The van der Waals surface area contributed by atoms with E-state index >= 15 is 0 Å². The van der Waals surface area contributed by atoms with Crippen LogP contribution < -0.4 is 5.32 Å². The number of hydrogen-bond donors (Lipinski definition) is 2. The minimum atomic E-state index is -0.775. The highest BCUT2D eigenvalue weighted by atomic mass is 16.5. The fourth-order valence-electron chi connectivity index (χ4n) is 2.18. The van der Waals surface area contributed by atoms with Crippen LogP contribution in [-0.4, -0.2) is 51.7 Å². The van der Waals surface area contributed by atoms with E-state index in [-0.39, 0.29) is 18.4 Å². The van der Waals surface area contributed by atoms with E-state index in [9.17, 15) is 9.59 Å². The lowest BCUT2D eigenvalue weighted by Crippen LogP contribution is -2.44. The van der Waals surface area contributed by atoms with Crippen molar-refractivity contribution in [3.05, 3.63) is 11.7 Å². The molecule has 0 atom stereocenters. The van der Waals surface area contributed by atoms with Gasteiger partial charge in [0.1, 0.15) is 0 Å². The van der Waals surface area contributed by atoms with Crippen LogP contribution in [0.1, 0.15) is 24.6 Å². The fourth-order valence-corrected chi connectivity index (χ4v) is 2.18. The van der Waals surface area contributed by atoms with Gasteiger partial charge in [0.05, 0.1) is 19.0 Å². The number of aryl methyl sites for hydroxylation is 1. The van der Waals surface area contributed by atoms with E-state index in [1.54, 1.807) is 11.8 Å². The van der Waals surface area contributed by atoms with Crippen LogP contribution in [0.3, 0.4) is 0 Å². The first kappa shape index (κ1) is 14.4. The molecule has 0 aromatic carbocycles. The molecule has 20 heavy (non-hydrogen) atoms. The molecule has 2 N–H and O–H groups in total. The van der Waals surface area contributed by atoms with Crippen LogP contribution >= 0.6 is 0 Å². The van der Waals surface area contributed by atoms with E-state index in [1.165, 1.54) is 0 Å². The van der Waals surface area contributed by atoms with Crippen molar-refractivity contribution in [3.63, 3.8) is 0 Å². The summed E-state index contributed by atoms with van der Waals surface area (Å²) in [6, 6.07) is 0. The fraction of sp³-hybridized carbons (Fsp3) is 0.667. The summed E-state index contributed by atoms with van der Waals surface area (Å²) in [4.78, 5) is 28.5. The van der Waals surface area contributed by atoms with Crippen molar-refractivity contribution in [1.29, 1.82) is 0 Å². The topological polar surface area (TPSA) is 109 Å². The van der Waals surface area contributed by atoms with E-state index in [0.29, 0.717) is 44.2 Å². The average Bonchev–Trinajstić information content (AvgIpc) is 2.84. The van der Waals surface area contributed by atoms with Crippen LogP contribution in [0.25, 0.3) is 0 Å². The predicted molar refractivity (Wildman–Crippen MR) is 67.7 cm³/mol. The zero-order valence-electron chi connectivity index (χ0n) is 11.3. The molecule has 0 spiro atoms. The number of hydrogen-bond acceptors (Lipinski definition) is 6. The lowest BCUT2D eigenvalue weighted by Gasteiger charge is -2.30. The molecule has 0 bridgehead atoms. The summed E-state index contributed by atoms with van der Waals surface area (Å²) in [6.45, 7) is 3.26. The Kier molecular flexibility index (Phi) is 4.67. The van der Waals surface area contributed by atoms with E-state index < -0.39 is 5.97 Å². The van der Waals surface area contributed by atoms with E-state index in [0.717, 1.165) is 0 Å². The molecule has 1 amide bonds. The Morgan fingerprint density at radius 2 is 2.15 bits per heavy atom. The summed E-state index contributed by atoms with van der Waals surface area (Å²) in [5.41, 5.74) is 0. The Labute approximate surface area is 116 Å². The maximum absolute atomic E-state index is 11.9. The molecule has 1 aromatic heterocycles. The van der Waals surface area contributed by atoms with Crippen LogP contribution in [0.15, 0.2) is 4.52 Å².